The van der Waals surface area contributed by atoms with Crippen LogP contribution in [0.25, 0.3) is 0 Å². The topological polar surface area (TPSA) is 21.3 Å². The molecule has 1 N–H and O–H groups in total. The highest BCUT2D eigenvalue weighted by Gasteiger charge is 2.25. The summed E-state index contributed by atoms with van der Waals surface area (Å²) in [6.07, 6.45) is 6.24. The van der Waals surface area contributed by atoms with Crippen molar-refractivity contribution in [3.63, 3.8) is 0 Å². The molecule has 2 rings (SSSR count). The van der Waals surface area contributed by atoms with Crippen LogP contribution < -0.4 is 10.1 Å². The second-order valence-corrected chi connectivity index (χ2v) is 6.07. The van der Waals surface area contributed by atoms with Crippen molar-refractivity contribution in [3.8, 4) is 5.75 Å². The Labute approximate surface area is 128 Å². The van der Waals surface area contributed by atoms with Gasteiger partial charge in [-0.15, -0.1) is 0 Å². The zero-order valence-corrected chi connectivity index (χ0v) is 13.5. The largest absolute Gasteiger partial charge is 0.490 e. The van der Waals surface area contributed by atoms with Crippen molar-refractivity contribution in [2.75, 3.05) is 6.54 Å². The zero-order valence-electron chi connectivity index (χ0n) is 13.5. The second-order valence-electron chi connectivity index (χ2n) is 6.07. The molecule has 0 saturated heterocycles. The molecule has 3 atom stereocenters. The minimum Gasteiger partial charge on any atom is -0.490 e. The van der Waals surface area contributed by atoms with Crippen molar-refractivity contribution in [3.05, 3.63) is 29.6 Å². The molecule has 1 saturated carbocycles. The maximum atomic E-state index is 14.2. The number of halogens is 1. The summed E-state index contributed by atoms with van der Waals surface area (Å²) >= 11 is 0. The maximum Gasteiger partial charge on any atom is 0.131 e. The zero-order chi connectivity index (χ0) is 15.2. The fourth-order valence-electron chi connectivity index (χ4n) is 3.32. The Balaban J connectivity index is 2.05. The molecular formula is C18H28FNO. The second kappa shape index (κ2) is 7.79. The predicted octanol–water partition coefficient (Wildman–Crippen LogP) is 4.84. The van der Waals surface area contributed by atoms with E-state index < -0.39 is 0 Å². The van der Waals surface area contributed by atoms with E-state index in [0.29, 0.717) is 17.2 Å². The highest BCUT2D eigenvalue weighted by atomic mass is 19.1. The summed E-state index contributed by atoms with van der Waals surface area (Å²) in [5.74, 6) is 1.11. The summed E-state index contributed by atoms with van der Waals surface area (Å²) in [7, 11) is 0. The Hall–Kier alpha value is -1.09. The molecule has 1 aromatic rings. The molecule has 118 valence electrons. The van der Waals surface area contributed by atoms with Gasteiger partial charge in [-0.1, -0.05) is 26.3 Å². The van der Waals surface area contributed by atoms with E-state index in [9.17, 15) is 4.39 Å². The van der Waals surface area contributed by atoms with Crippen molar-refractivity contribution in [2.45, 2.75) is 65.0 Å². The van der Waals surface area contributed by atoms with Gasteiger partial charge in [0.05, 0.1) is 0 Å². The molecule has 1 aromatic carbocycles. The summed E-state index contributed by atoms with van der Waals surface area (Å²) in [6, 6.07) is 5.34. The van der Waals surface area contributed by atoms with Gasteiger partial charge in [-0.3, -0.25) is 0 Å². The van der Waals surface area contributed by atoms with E-state index >= 15 is 0 Å². The third-order valence-electron chi connectivity index (χ3n) is 4.60. The van der Waals surface area contributed by atoms with Crippen LogP contribution in [0.4, 0.5) is 4.39 Å². The Morgan fingerprint density at radius 2 is 2.05 bits per heavy atom. The number of ether oxygens (including phenoxy) is 1. The van der Waals surface area contributed by atoms with Crippen LogP contribution in [-0.2, 0) is 0 Å². The molecule has 0 spiro atoms. The van der Waals surface area contributed by atoms with Crippen LogP contribution in [0.1, 0.15) is 64.5 Å². The van der Waals surface area contributed by atoms with Gasteiger partial charge in [0.1, 0.15) is 17.7 Å². The van der Waals surface area contributed by atoms with Gasteiger partial charge in [-0.2, -0.15) is 0 Å². The quantitative estimate of drug-likeness (QED) is 0.810. The minimum absolute atomic E-state index is 0.0297. The third kappa shape index (κ3) is 4.19. The summed E-state index contributed by atoms with van der Waals surface area (Å²) in [5.41, 5.74) is 0.708. The molecule has 1 fully saturated rings. The highest BCUT2D eigenvalue weighted by Crippen LogP contribution is 2.31. The van der Waals surface area contributed by atoms with Gasteiger partial charge in [0.15, 0.2) is 0 Å². The maximum absolute atomic E-state index is 14.2. The molecule has 0 aliphatic heterocycles. The van der Waals surface area contributed by atoms with Gasteiger partial charge in [-0.05, 0) is 51.1 Å². The number of benzene rings is 1. The van der Waals surface area contributed by atoms with Gasteiger partial charge in [0, 0.05) is 17.7 Å². The van der Waals surface area contributed by atoms with Crippen molar-refractivity contribution < 1.29 is 9.13 Å². The van der Waals surface area contributed by atoms with E-state index in [1.807, 2.05) is 26.0 Å². The first-order valence-corrected chi connectivity index (χ1v) is 8.35. The number of nitrogens with one attached hydrogen (secondary N) is 1. The Morgan fingerprint density at radius 1 is 1.29 bits per heavy atom. The average molecular weight is 293 g/mol. The highest BCUT2D eigenvalue weighted by molar-refractivity contribution is 5.31. The minimum atomic E-state index is -0.176. The van der Waals surface area contributed by atoms with Crippen LogP contribution in [0.2, 0.25) is 0 Å². The fraction of sp³-hybridized carbons (Fsp3) is 0.667. The first kappa shape index (κ1) is 16.3. The van der Waals surface area contributed by atoms with E-state index in [4.69, 9.17) is 4.74 Å². The van der Waals surface area contributed by atoms with E-state index in [-0.39, 0.29) is 18.0 Å². The molecule has 3 unspecified atom stereocenters. The lowest BCUT2D eigenvalue weighted by atomic mass is 9.85. The molecule has 0 aromatic heterocycles. The molecular weight excluding hydrogens is 265 g/mol. The molecule has 1 aliphatic carbocycles. The van der Waals surface area contributed by atoms with Crippen molar-refractivity contribution in [1.82, 2.24) is 5.32 Å². The Kier molecular flexibility index (Phi) is 6.04. The smallest absolute Gasteiger partial charge is 0.131 e. The fourth-order valence-corrected chi connectivity index (χ4v) is 3.32. The lowest BCUT2D eigenvalue weighted by Crippen LogP contribution is -2.30. The van der Waals surface area contributed by atoms with Crippen molar-refractivity contribution in [2.24, 2.45) is 5.92 Å². The number of rotatable bonds is 6. The van der Waals surface area contributed by atoms with Gasteiger partial charge in [0.2, 0.25) is 0 Å². The molecule has 0 radical (unpaired) electrons. The molecule has 2 nitrogen and oxygen atoms in total. The summed E-state index contributed by atoms with van der Waals surface area (Å²) in [4.78, 5) is 0. The summed E-state index contributed by atoms with van der Waals surface area (Å²) < 4.78 is 20.3. The molecule has 0 bridgehead atoms. The van der Waals surface area contributed by atoms with Crippen LogP contribution in [-0.4, -0.2) is 12.6 Å². The Bertz CT molecular complexity index is 449. The van der Waals surface area contributed by atoms with E-state index in [1.165, 1.54) is 19.3 Å². The molecule has 21 heavy (non-hydrogen) atoms. The Morgan fingerprint density at radius 3 is 2.71 bits per heavy atom. The van der Waals surface area contributed by atoms with Gasteiger partial charge in [0.25, 0.3) is 0 Å². The lowest BCUT2D eigenvalue weighted by Gasteiger charge is -2.31. The molecule has 3 heteroatoms. The summed E-state index contributed by atoms with van der Waals surface area (Å²) in [6.45, 7) is 7.06. The van der Waals surface area contributed by atoms with Crippen molar-refractivity contribution in [1.29, 1.82) is 0 Å². The van der Waals surface area contributed by atoms with Crippen LogP contribution >= 0.6 is 0 Å². The van der Waals surface area contributed by atoms with Crippen molar-refractivity contribution >= 4 is 0 Å². The van der Waals surface area contributed by atoms with E-state index in [0.717, 1.165) is 19.4 Å². The SMILES string of the molecule is CCNC(C)c1ccc(OC2CCCCC2CC)cc1F. The van der Waals surface area contributed by atoms with E-state index in [1.54, 1.807) is 6.07 Å². The molecule has 0 heterocycles. The van der Waals surface area contributed by atoms with Gasteiger partial charge < -0.3 is 10.1 Å². The first-order chi connectivity index (χ1) is 10.2. The standard InChI is InChI=1S/C18H28FNO/c1-4-14-8-6-7-9-18(14)21-15-10-11-16(17(19)12-15)13(3)20-5-2/h10-14,18,20H,4-9H2,1-3H3. The first-order valence-electron chi connectivity index (χ1n) is 8.35. The van der Waals surface area contributed by atoms with Crippen LogP contribution in [0, 0.1) is 11.7 Å². The third-order valence-corrected chi connectivity index (χ3v) is 4.60. The van der Waals surface area contributed by atoms with Crippen LogP contribution in [0.15, 0.2) is 18.2 Å². The van der Waals surface area contributed by atoms with Gasteiger partial charge in [-0.25, -0.2) is 4.39 Å². The summed E-state index contributed by atoms with van der Waals surface area (Å²) in [5, 5.41) is 3.24. The molecule has 1 aliphatic rings. The van der Waals surface area contributed by atoms with E-state index in [2.05, 4.69) is 12.2 Å². The predicted molar refractivity (Wildman–Crippen MR) is 85.2 cm³/mol. The van der Waals surface area contributed by atoms with Crippen LogP contribution in [0.5, 0.6) is 5.75 Å². The monoisotopic (exact) mass is 293 g/mol. The lowest BCUT2D eigenvalue weighted by molar-refractivity contribution is 0.0900. The number of hydrogen-bond donors (Lipinski definition) is 1. The average Bonchev–Trinajstić information content (AvgIpc) is 2.48. The number of hydrogen-bond acceptors (Lipinski definition) is 2. The molecule has 0 amide bonds. The normalized spacial score (nSPS) is 23.8. The van der Waals surface area contributed by atoms with Crippen LogP contribution in [0.3, 0.4) is 0 Å². The van der Waals surface area contributed by atoms with Gasteiger partial charge >= 0.3 is 0 Å².